The van der Waals surface area contributed by atoms with E-state index < -0.39 is 6.09 Å². The minimum Gasteiger partial charge on any atom is -0.457 e. The third kappa shape index (κ3) is 5.44. The number of amides is 1. The molecule has 0 saturated heterocycles. The number of aromatic nitrogens is 4. The van der Waals surface area contributed by atoms with Gasteiger partial charge in [-0.25, -0.2) is 4.79 Å². The largest absolute Gasteiger partial charge is 0.457 e. The van der Waals surface area contributed by atoms with Gasteiger partial charge in [-0.05, 0) is 62.4 Å². The number of ether oxygens (including phenoxy) is 2. The second kappa shape index (κ2) is 10.8. The Hall–Kier alpha value is -4.30. The average Bonchev–Trinajstić information content (AvgIpc) is 3.25. The van der Waals surface area contributed by atoms with Gasteiger partial charge in [-0.15, -0.1) is 10.2 Å². The number of carbonyl (C=O) groups is 1. The van der Waals surface area contributed by atoms with E-state index in [0.717, 1.165) is 11.4 Å². The van der Waals surface area contributed by atoms with Crippen molar-refractivity contribution in [1.82, 2.24) is 19.8 Å². The summed E-state index contributed by atoms with van der Waals surface area (Å²) in [5.41, 5.74) is 3.41. The first-order valence-electron chi connectivity index (χ1n) is 10.9. The third-order valence-electron chi connectivity index (χ3n) is 4.84. The second-order valence-corrected chi connectivity index (χ2v) is 8.33. The van der Waals surface area contributed by atoms with Crippen molar-refractivity contribution in [2.75, 3.05) is 22.4 Å². The Morgan fingerprint density at radius 3 is 2.66 bits per heavy atom. The molecule has 11 heteroatoms. The van der Waals surface area contributed by atoms with Crippen LogP contribution in [0.3, 0.4) is 0 Å². The molecule has 0 saturated carbocycles. The van der Waals surface area contributed by atoms with Crippen molar-refractivity contribution in [2.45, 2.75) is 20.8 Å². The molecular weight excluding hydrogens is 466 g/mol. The second-order valence-electron chi connectivity index (χ2n) is 7.26. The third-order valence-corrected chi connectivity index (χ3v) is 5.51. The Balaban J connectivity index is 1.82. The van der Waals surface area contributed by atoms with Gasteiger partial charge in [-0.3, -0.25) is 5.32 Å². The number of aryl methyl sites for hydroxylation is 1. The summed E-state index contributed by atoms with van der Waals surface area (Å²) in [6.07, 6.45) is -0.601. The van der Waals surface area contributed by atoms with E-state index in [9.17, 15) is 4.79 Å². The van der Waals surface area contributed by atoms with Gasteiger partial charge in [0, 0.05) is 17.0 Å². The SMILES string of the molecule is CCOC(=O)Nc1cc(-c2cc(NSCC)ccc2Oc2ccc(C#N)cc2)nn2c(C)nnc12. The maximum Gasteiger partial charge on any atom is 0.411 e. The van der Waals surface area contributed by atoms with Crippen LogP contribution in [-0.2, 0) is 4.74 Å². The van der Waals surface area contributed by atoms with Crippen molar-refractivity contribution in [3.8, 4) is 28.8 Å². The molecule has 35 heavy (non-hydrogen) atoms. The molecule has 2 N–H and O–H groups in total. The standard InChI is InChI=1S/C24H23N7O3S/c1-4-33-24(32)26-21-13-20(29-31-15(3)27-28-23(21)31)19-12-17(30-35-5-2)8-11-22(19)34-18-9-6-16(14-25)7-10-18/h6-13,30H,4-5H2,1-3H3,(H,26,32). The van der Waals surface area contributed by atoms with Crippen LogP contribution in [-0.4, -0.2) is 38.3 Å². The van der Waals surface area contributed by atoms with E-state index in [1.807, 2.05) is 18.2 Å². The van der Waals surface area contributed by atoms with Crippen molar-refractivity contribution in [3.05, 3.63) is 59.9 Å². The Kier molecular flexibility index (Phi) is 7.32. The summed E-state index contributed by atoms with van der Waals surface area (Å²) in [6, 6.07) is 16.3. The predicted octanol–water partition coefficient (Wildman–Crippen LogP) is 5.41. The van der Waals surface area contributed by atoms with E-state index >= 15 is 0 Å². The molecule has 0 atom stereocenters. The lowest BCUT2D eigenvalue weighted by molar-refractivity contribution is 0.168. The van der Waals surface area contributed by atoms with E-state index in [-0.39, 0.29) is 6.61 Å². The lowest BCUT2D eigenvalue weighted by atomic mass is 10.1. The molecular formula is C24H23N7O3S. The van der Waals surface area contributed by atoms with Gasteiger partial charge in [0.15, 0.2) is 5.82 Å². The Morgan fingerprint density at radius 2 is 1.94 bits per heavy atom. The van der Waals surface area contributed by atoms with Gasteiger partial charge >= 0.3 is 6.09 Å². The lowest BCUT2D eigenvalue weighted by Crippen LogP contribution is -2.15. The fourth-order valence-corrected chi connectivity index (χ4v) is 3.68. The van der Waals surface area contributed by atoms with Crippen molar-refractivity contribution < 1.29 is 14.3 Å². The number of hydrogen-bond donors (Lipinski definition) is 2. The van der Waals surface area contributed by atoms with Gasteiger partial charge in [0.1, 0.15) is 11.5 Å². The summed E-state index contributed by atoms with van der Waals surface area (Å²) in [5.74, 6) is 2.55. The highest BCUT2D eigenvalue weighted by Gasteiger charge is 2.18. The number of anilines is 2. The van der Waals surface area contributed by atoms with Crippen molar-refractivity contribution >= 4 is 35.1 Å². The zero-order valence-corrected chi connectivity index (χ0v) is 20.2. The van der Waals surface area contributed by atoms with E-state index in [2.05, 4.69) is 33.2 Å². The van der Waals surface area contributed by atoms with Gasteiger partial charge in [-0.1, -0.05) is 18.9 Å². The van der Waals surface area contributed by atoms with Gasteiger partial charge < -0.3 is 14.2 Å². The summed E-state index contributed by atoms with van der Waals surface area (Å²) < 4.78 is 16.1. The van der Waals surface area contributed by atoms with Crippen LogP contribution >= 0.6 is 11.9 Å². The Bertz CT molecular complexity index is 1400. The van der Waals surface area contributed by atoms with Crippen LogP contribution in [0.4, 0.5) is 16.2 Å². The molecule has 4 aromatic rings. The minimum atomic E-state index is -0.601. The first-order chi connectivity index (χ1) is 17.0. The molecule has 2 aromatic heterocycles. The predicted molar refractivity (Wildman–Crippen MR) is 135 cm³/mol. The smallest absolute Gasteiger partial charge is 0.411 e. The number of carbonyl (C=O) groups excluding carboxylic acids is 1. The fraction of sp³-hybridized carbons (Fsp3) is 0.208. The van der Waals surface area contributed by atoms with Crippen molar-refractivity contribution in [3.63, 3.8) is 0 Å². The molecule has 0 bridgehead atoms. The van der Waals surface area contributed by atoms with Crippen LogP contribution in [0.25, 0.3) is 16.9 Å². The van der Waals surface area contributed by atoms with Crippen LogP contribution < -0.4 is 14.8 Å². The maximum atomic E-state index is 12.2. The molecule has 2 heterocycles. The summed E-state index contributed by atoms with van der Waals surface area (Å²) in [5, 5.41) is 24.7. The zero-order chi connectivity index (χ0) is 24.8. The number of nitriles is 1. The monoisotopic (exact) mass is 489 g/mol. The van der Waals surface area contributed by atoms with Crippen LogP contribution in [0.2, 0.25) is 0 Å². The molecule has 0 radical (unpaired) electrons. The number of nitrogens with zero attached hydrogens (tertiary/aromatic N) is 5. The Morgan fingerprint density at radius 1 is 1.14 bits per heavy atom. The maximum absolute atomic E-state index is 12.2. The normalized spacial score (nSPS) is 10.6. The average molecular weight is 490 g/mol. The molecule has 0 aliphatic heterocycles. The number of hydrogen-bond acceptors (Lipinski definition) is 9. The van der Waals surface area contributed by atoms with E-state index in [1.54, 1.807) is 60.6 Å². The first-order valence-corrected chi connectivity index (χ1v) is 11.9. The molecule has 10 nitrogen and oxygen atoms in total. The van der Waals surface area contributed by atoms with E-state index in [4.69, 9.17) is 19.8 Å². The fourth-order valence-electron chi connectivity index (χ4n) is 3.25. The summed E-state index contributed by atoms with van der Waals surface area (Å²) in [7, 11) is 0. The van der Waals surface area contributed by atoms with E-state index in [0.29, 0.717) is 45.5 Å². The summed E-state index contributed by atoms with van der Waals surface area (Å²) >= 11 is 1.56. The quantitative estimate of drug-likeness (QED) is 0.312. The molecule has 1 amide bonds. The highest BCUT2D eigenvalue weighted by molar-refractivity contribution is 8.00. The van der Waals surface area contributed by atoms with Crippen molar-refractivity contribution in [1.29, 1.82) is 5.26 Å². The molecule has 2 aromatic carbocycles. The van der Waals surface area contributed by atoms with Crippen LogP contribution in [0.1, 0.15) is 25.2 Å². The molecule has 0 unspecified atom stereocenters. The minimum absolute atomic E-state index is 0.233. The molecule has 178 valence electrons. The molecule has 0 fully saturated rings. The molecule has 0 spiro atoms. The van der Waals surface area contributed by atoms with Gasteiger partial charge in [0.2, 0.25) is 5.65 Å². The molecule has 0 aliphatic rings. The number of rotatable bonds is 8. The summed E-state index contributed by atoms with van der Waals surface area (Å²) in [4.78, 5) is 12.2. The van der Waals surface area contributed by atoms with Gasteiger partial charge in [0.25, 0.3) is 0 Å². The zero-order valence-electron chi connectivity index (χ0n) is 19.4. The lowest BCUT2D eigenvalue weighted by Gasteiger charge is -2.15. The molecule has 0 aliphatic carbocycles. The molecule has 4 rings (SSSR count). The summed E-state index contributed by atoms with van der Waals surface area (Å²) in [6.45, 7) is 5.79. The Labute approximate surface area is 206 Å². The van der Waals surface area contributed by atoms with Gasteiger partial charge in [0.05, 0.1) is 29.6 Å². The van der Waals surface area contributed by atoms with Crippen molar-refractivity contribution in [2.24, 2.45) is 0 Å². The number of fused-ring (bicyclic) bond motifs is 1. The topological polar surface area (TPSA) is 126 Å². The van der Waals surface area contributed by atoms with Crippen LogP contribution in [0, 0.1) is 18.3 Å². The highest BCUT2D eigenvalue weighted by atomic mass is 32.2. The van der Waals surface area contributed by atoms with E-state index in [1.165, 1.54) is 0 Å². The van der Waals surface area contributed by atoms with Crippen LogP contribution in [0.5, 0.6) is 11.5 Å². The van der Waals surface area contributed by atoms with Crippen LogP contribution in [0.15, 0.2) is 48.5 Å². The highest BCUT2D eigenvalue weighted by Crippen LogP contribution is 2.37. The first kappa shape index (κ1) is 23.8. The number of nitrogens with one attached hydrogen (secondary N) is 2. The van der Waals surface area contributed by atoms with Gasteiger partial charge in [-0.2, -0.15) is 14.9 Å². The number of benzene rings is 2.